The zero-order chi connectivity index (χ0) is 15.2. The average molecular weight is 293 g/mol. The summed E-state index contributed by atoms with van der Waals surface area (Å²) in [7, 11) is 3.39. The Morgan fingerprint density at radius 1 is 1.33 bits per heavy atom. The molecule has 0 bridgehead atoms. The summed E-state index contributed by atoms with van der Waals surface area (Å²) in [4.78, 5) is 2.01. The van der Waals surface area contributed by atoms with Crippen LogP contribution in [0.25, 0.3) is 0 Å². The molecule has 2 aromatic rings. The van der Waals surface area contributed by atoms with Gasteiger partial charge in [0.2, 0.25) is 0 Å². The number of nitrogens with zero attached hydrogens (tertiary/aromatic N) is 1. The highest BCUT2D eigenvalue weighted by Gasteiger charge is 2.18. The molecule has 0 amide bonds. The molecule has 1 heterocycles. The standard InChI is InChI=1S/C16H20FNO3/c1-18(11-12-5-4-10-21-12)9-8-14(19)16-13(17)6-3-7-15(16)20-2/h3-7,10,14,19H,8-9,11H2,1-2H3. The van der Waals surface area contributed by atoms with Crippen molar-refractivity contribution in [1.82, 2.24) is 4.90 Å². The molecule has 1 atom stereocenters. The van der Waals surface area contributed by atoms with E-state index in [2.05, 4.69) is 0 Å². The van der Waals surface area contributed by atoms with Gasteiger partial charge in [0, 0.05) is 6.54 Å². The normalized spacial score (nSPS) is 12.6. The molecule has 0 aliphatic carbocycles. The molecule has 0 fully saturated rings. The molecule has 0 aliphatic rings. The third-order valence-electron chi connectivity index (χ3n) is 3.36. The highest BCUT2D eigenvalue weighted by molar-refractivity contribution is 5.36. The van der Waals surface area contributed by atoms with Gasteiger partial charge in [-0.3, -0.25) is 4.90 Å². The van der Waals surface area contributed by atoms with E-state index in [-0.39, 0.29) is 5.56 Å². The van der Waals surface area contributed by atoms with Crippen LogP contribution in [-0.2, 0) is 6.54 Å². The summed E-state index contributed by atoms with van der Waals surface area (Å²) >= 11 is 0. The summed E-state index contributed by atoms with van der Waals surface area (Å²) in [5.74, 6) is 0.780. The Kier molecular flexibility index (Phi) is 5.36. The van der Waals surface area contributed by atoms with E-state index in [0.29, 0.717) is 25.3 Å². The molecule has 4 nitrogen and oxygen atoms in total. The average Bonchev–Trinajstić information content (AvgIpc) is 2.97. The molecule has 0 saturated heterocycles. The van der Waals surface area contributed by atoms with E-state index >= 15 is 0 Å². The zero-order valence-corrected chi connectivity index (χ0v) is 12.3. The van der Waals surface area contributed by atoms with Crippen LogP contribution in [0.4, 0.5) is 4.39 Å². The van der Waals surface area contributed by atoms with E-state index in [0.717, 1.165) is 5.76 Å². The SMILES string of the molecule is COc1cccc(F)c1C(O)CCN(C)Cc1ccco1. The van der Waals surface area contributed by atoms with E-state index < -0.39 is 11.9 Å². The van der Waals surface area contributed by atoms with Gasteiger partial charge in [0.15, 0.2) is 0 Å². The second kappa shape index (κ2) is 7.24. The van der Waals surface area contributed by atoms with Crippen molar-refractivity contribution in [2.45, 2.75) is 19.1 Å². The molecule has 0 spiro atoms. The van der Waals surface area contributed by atoms with Crippen LogP contribution in [-0.4, -0.2) is 30.7 Å². The molecule has 2 rings (SSSR count). The zero-order valence-electron chi connectivity index (χ0n) is 12.3. The lowest BCUT2D eigenvalue weighted by Gasteiger charge is -2.19. The Morgan fingerprint density at radius 3 is 2.81 bits per heavy atom. The third-order valence-corrected chi connectivity index (χ3v) is 3.36. The molecule has 1 unspecified atom stereocenters. The molecule has 5 heteroatoms. The van der Waals surface area contributed by atoms with Gasteiger partial charge in [-0.25, -0.2) is 4.39 Å². The minimum Gasteiger partial charge on any atom is -0.496 e. The van der Waals surface area contributed by atoms with Crippen molar-refractivity contribution in [3.8, 4) is 5.75 Å². The lowest BCUT2D eigenvalue weighted by Crippen LogP contribution is -2.21. The lowest BCUT2D eigenvalue weighted by molar-refractivity contribution is 0.138. The maximum absolute atomic E-state index is 13.8. The van der Waals surface area contributed by atoms with Crippen LogP contribution in [0.15, 0.2) is 41.0 Å². The minimum absolute atomic E-state index is 0.214. The van der Waals surface area contributed by atoms with Crippen molar-refractivity contribution in [2.75, 3.05) is 20.7 Å². The van der Waals surface area contributed by atoms with Crippen molar-refractivity contribution in [1.29, 1.82) is 0 Å². The summed E-state index contributed by atoms with van der Waals surface area (Å²) in [5.41, 5.74) is 0.214. The number of aliphatic hydroxyl groups excluding tert-OH is 1. The fourth-order valence-electron chi connectivity index (χ4n) is 2.25. The largest absolute Gasteiger partial charge is 0.496 e. The van der Waals surface area contributed by atoms with Crippen LogP contribution in [0.2, 0.25) is 0 Å². The molecular formula is C16H20FNO3. The topological polar surface area (TPSA) is 45.8 Å². The Bertz CT molecular complexity index is 557. The number of methoxy groups -OCH3 is 1. The smallest absolute Gasteiger partial charge is 0.132 e. The van der Waals surface area contributed by atoms with Crippen LogP contribution < -0.4 is 4.74 Å². The number of rotatable bonds is 7. The second-order valence-corrected chi connectivity index (χ2v) is 4.98. The molecule has 0 radical (unpaired) electrons. The number of hydrogen-bond acceptors (Lipinski definition) is 4. The van der Waals surface area contributed by atoms with Gasteiger partial charge < -0.3 is 14.3 Å². The van der Waals surface area contributed by atoms with Gasteiger partial charge in [0.1, 0.15) is 17.3 Å². The Morgan fingerprint density at radius 2 is 2.14 bits per heavy atom. The van der Waals surface area contributed by atoms with Gasteiger partial charge >= 0.3 is 0 Å². The Labute approximate surface area is 123 Å². The maximum Gasteiger partial charge on any atom is 0.132 e. The maximum atomic E-state index is 13.8. The fraction of sp³-hybridized carbons (Fsp3) is 0.375. The fourth-order valence-corrected chi connectivity index (χ4v) is 2.25. The first-order valence-corrected chi connectivity index (χ1v) is 6.83. The number of ether oxygens (including phenoxy) is 1. The van der Waals surface area contributed by atoms with Gasteiger partial charge in [0.25, 0.3) is 0 Å². The van der Waals surface area contributed by atoms with Crippen molar-refractivity contribution < 1.29 is 18.7 Å². The summed E-state index contributed by atoms with van der Waals surface area (Å²) in [5, 5.41) is 10.2. The quantitative estimate of drug-likeness (QED) is 0.852. The highest BCUT2D eigenvalue weighted by Crippen LogP contribution is 2.29. The van der Waals surface area contributed by atoms with Crippen molar-refractivity contribution in [3.63, 3.8) is 0 Å². The molecule has 1 N–H and O–H groups in total. The number of halogens is 1. The summed E-state index contributed by atoms with van der Waals surface area (Å²) < 4.78 is 24.2. The van der Waals surface area contributed by atoms with Crippen LogP contribution in [0.1, 0.15) is 23.8 Å². The van der Waals surface area contributed by atoms with E-state index in [1.54, 1.807) is 18.4 Å². The van der Waals surface area contributed by atoms with Gasteiger partial charge in [-0.15, -0.1) is 0 Å². The predicted octanol–water partition coefficient (Wildman–Crippen LogP) is 2.98. The van der Waals surface area contributed by atoms with Crippen molar-refractivity contribution in [3.05, 3.63) is 53.7 Å². The molecular weight excluding hydrogens is 273 g/mol. The molecule has 1 aromatic carbocycles. The summed E-state index contributed by atoms with van der Waals surface area (Å²) in [6.07, 6.45) is 1.14. The van der Waals surface area contributed by atoms with Gasteiger partial charge in [-0.1, -0.05) is 6.07 Å². The first-order valence-electron chi connectivity index (χ1n) is 6.83. The van der Waals surface area contributed by atoms with Gasteiger partial charge in [-0.05, 0) is 37.7 Å². The van der Waals surface area contributed by atoms with E-state index in [9.17, 15) is 9.50 Å². The predicted molar refractivity (Wildman–Crippen MR) is 77.6 cm³/mol. The van der Waals surface area contributed by atoms with Crippen LogP contribution in [0.3, 0.4) is 0 Å². The summed E-state index contributed by atoms with van der Waals surface area (Å²) in [6, 6.07) is 8.27. The monoisotopic (exact) mass is 293 g/mol. The van der Waals surface area contributed by atoms with Gasteiger partial charge in [-0.2, -0.15) is 0 Å². The Hall–Kier alpha value is -1.85. The van der Waals surface area contributed by atoms with E-state index in [4.69, 9.17) is 9.15 Å². The number of aliphatic hydroxyl groups is 1. The first-order chi connectivity index (χ1) is 10.1. The number of hydrogen-bond donors (Lipinski definition) is 1. The molecule has 114 valence electrons. The molecule has 1 aromatic heterocycles. The third kappa shape index (κ3) is 4.06. The summed E-state index contributed by atoms with van der Waals surface area (Å²) in [6.45, 7) is 1.26. The number of benzene rings is 1. The lowest BCUT2D eigenvalue weighted by atomic mass is 10.0. The minimum atomic E-state index is -0.903. The van der Waals surface area contributed by atoms with Crippen molar-refractivity contribution in [2.24, 2.45) is 0 Å². The van der Waals surface area contributed by atoms with Crippen LogP contribution in [0.5, 0.6) is 5.75 Å². The van der Waals surface area contributed by atoms with Crippen molar-refractivity contribution >= 4 is 0 Å². The molecule has 0 aliphatic heterocycles. The van der Waals surface area contributed by atoms with E-state index in [1.807, 2.05) is 24.1 Å². The van der Waals surface area contributed by atoms with Crippen LogP contribution in [0, 0.1) is 5.82 Å². The first kappa shape index (κ1) is 15.5. The molecule has 0 saturated carbocycles. The van der Waals surface area contributed by atoms with Gasteiger partial charge in [0.05, 0.1) is 31.6 Å². The Balaban J connectivity index is 1.94. The highest BCUT2D eigenvalue weighted by atomic mass is 19.1. The second-order valence-electron chi connectivity index (χ2n) is 4.98. The number of furan rings is 1. The molecule has 21 heavy (non-hydrogen) atoms. The van der Waals surface area contributed by atoms with Crippen LogP contribution >= 0.6 is 0 Å². The van der Waals surface area contributed by atoms with E-state index in [1.165, 1.54) is 13.2 Å².